The molecule has 0 spiro atoms. The maximum atomic E-state index is 4.54. The Labute approximate surface area is 121 Å². The number of hydrogen-bond acceptors (Lipinski definition) is 4. The van der Waals surface area contributed by atoms with Crippen molar-refractivity contribution in [2.45, 2.75) is 33.1 Å². The first kappa shape index (κ1) is 14.0. The van der Waals surface area contributed by atoms with Crippen LogP contribution in [0.25, 0.3) is 5.82 Å². The Hall–Kier alpha value is -1.43. The number of aromatic nitrogens is 4. The van der Waals surface area contributed by atoms with Crippen LogP contribution in [-0.2, 0) is 6.42 Å². The normalized spacial score (nSPS) is 10.7. The van der Waals surface area contributed by atoms with Gasteiger partial charge in [-0.25, -0.2) is 14.6 Å². The molecule has 0 saturated carbocycles. The Morgan fingerprint density at radius 2 is 2.11 bits per heavy atom. The summed E-state index contributed by atoms with van der Waals surface area (Å²) < 4.78 is 2.69. The lowest BCUT2D eigenvalue weighted by Gasteiger charge is -2.09. The Morgan fingerprint density at radius 3 is 2.74 bits per heavy atom. The smallest absolute Gasteiger partial charge is 0.159 e. The largest absolute Gasteiger partial charge is 0.370 e. The molecule has 0 saturated heterocycles. The molecule has 2 aromatic heterocycles. The molecule has 2 heterocycles. The number of rotatable bonds is 6. The maximum absolute atomic E-state index is 4.54. The average molecular weight is 324 g/mol. The van der Waals surface area contributed by atoms with E-state index in [1.165, 1.54) is 0 Å². The summed E-state index contributed by atoms with van der Waals surface area (Å²) in [5.41, 5.74) is 0. The second kappa shape index (κ2) is 6.65. The van der Waals surface area contributed by atoms with Crippen molar-refractivity contribution in [3.05, 3.63) is 28.8 Å². The summed E-state index contributed by atoms with van der Waals surface area (Å²) in [7, 11) is 0. The molecule has 0 fully saturated rings. The molecule has 0 aliphatic carbocycles. The molecule has 0 unspecified atom stereocenters. The highest BCUT2D eigenvalue weighted by Gasteiger charge is 2.07. The fraction of sp³-hybridized carbons (Fsp3) is 0.462. The van der Waals surface area contributed by atoms with Gasteiger partial charge in [-0.05, 0) is 28.8 Å². The van der Waals surface area contributed by atoms with E-state index >= 15 is 0 Å². The van der Waals surface area contributed by atoms with Gasteiger partial charge in [-0.1, -0.05) is 13.8 Å². The monoisotopic (exact) mass is 323 g/mol. The minimum atomic E-state index is 0.794. The van der Waals surface area contributed by atoms with E-state index in [4.69, 9.17) is 0 Å². The molecule has 0 amide bonds. The van der Waals surface area contributed by atoms with E-state index in [0.29, 0.717) is 0 Å². The molecule has 5 nitrogen and oxygen atoms in total. The number of aryl methyl sites for hydroxylation is 1. The van der Waals surface area contributed by atoms with E-state index in [1.807, 2.05) is 12.3 Å². The Kier molecular flexibility index (Phi) is 4.90. The zero-order chi connectivity index (χ0) is 13.7. The van der Waals surface area contributed by atoms with Crippen LogP contribution in [-0.4, -0.2) is 26.3 Å². The van der Waals surface area contributed by atoms with Crippen LogP contribution in [0.2, 0.25) is 0 Å². The van der Waals surface area contributed by atoms with Gasteiger partial charge in [0.05, 0.1) is 10.7 Å². The highest BCUT2D eigenvalue weighted by atomic mass is 79.9. The second-order valence-electron chi connectivity index (χ2n) is 4.31. The zero-order valence-electron chi connectivity index (χ0n) is 11.2. The molecular weight excluding hydrogens is 306 g/mol. The molecule has 0 radical (unpaired) electrons. The lowest BCUT2D eigenvalue weighted by molar-refractivity contribution is 0.784. The number of nitrogens with zero attached hydrogens (tertiary/aromatic N) is 4. The first-order chi connectivity index (χ1) is 9.22. The van der Waals surface area contributed by atoms with Gasteiger partial charge in [0, 0.05) is 25.2 Å². The number of halogens is 1. The lowest BCUT2D eigenvalue weighted by Crippen LogP contribution is -2.09. The van der Waals surface area contributed by atoms with Crippen LogP contribution < -0.4 is 5.32 Å². The molecule has 102 valence electrons. The van der Waals surface area contributed by atoms with Gasteiger partial charge in [0.2, 0.25) is 0 Å². The van der Waals surface area contributed by atoms with Crippen molar-refractivity contribution in [1.29, 1.82) is 0 Å². The summed E-state index contributed by atoms with van der Waals surface area (Å²) in [4.78, 5) is 9.06. The topological polar surface area (TPSA) is 55.6 Å². The fourth-order valence-corrected chi connectivity index (χ4v) is 1.99. The van der Waals surface area contributed by atoms with Gasteiger partial charge < -0.3 is 5.32 Å². The zero-order valence-corrected chi connectivity index (χ0v) is 12.8. The van der Waals surface area contributed by atoms with E-state index in [-0.39, 0.29) is 0 Å². The van der Waals surface area contributed by atoms with Crippen LogP contribution in [0.1, 0.15) is 32.5 Å². The van der Waals surface area contributed by atoms with Crippen LogP contribution in [0.15, 0.2) is 22.9 Å². The van der Waals surface area contributed by atoms with Crippen molar-refractivity contribution in [3.8, 4) is 5.82 Å². The van der Waals surface area contributed by atoms with E-state index < -0.39 is 0 Å². The molecule has 6 heteroatoms. The summed E-state index contributed by atoms with van der Waals surface area (Å²) >= 11 is 3.40. The van der Waals surface area contributed by atoms with Crippen molar-refractivity contribution in [3.63, 3.8) is 0 Å². The SMILES string of the molecule is CCCNc1cc(-n2cc(Br)cn2)nc(CCC)n1. The third-order valence-corrected chi connectivity index (χ3v) is 2.98. The third kappa shape index (κ3) is 3.76. The molecular formula is C13H18BrN5. The first-order valence-electron chi connectivity index (χ1n) is 6.55. The summed E-state index contributed by atoms with van der Waals surface area (Å²) in [5, 5.41) is 7.57. The van der Waals surface area contributed by atoms with E-state index in [2.05, 4.69) is 50.2 Å². The van der Waals surface area contributed by atoms with Gasteiger partial charge in [0.15, 0.2) is 5.82 Å². The Bertz CT molecular complexity index is 538. The van der Waals surface area contributed by atoms with Crippen LogP contribution in [0.4, 0.5) is 5.82 Å². The molecule has 19 heavy (non-hydrogen) atoms. The van der Waals surface area contributed by atoms with Crippen molar-refractivity contribution in [2.75, 3.05) is 11.9 Å². The van der Waals surface area contributed by atoms with Crippen molar-refractivity contribution in [1.82, 2.24) is 19.7 Å². The van der Waals surface area contributed by atoms with Crippen LogP contribution >= 0.6 is 15.9 Å². The van der Waals surface area contributed by atoms with Crippen molar-refractivity contribution in [2.24, 2.45) is 0 Å². The summed E-state index contributed by atoms with van der Waals surface area (Å²) in [6.07, 6.45) is 6.61. The van der Waals surface area contributed by atoms with Crippen LogP contribution in [0.5, 0.6) is 0 Å². The average Bonchev–Trinajstić information content (AvgIpc) is 2.83. The summed E-state index contributed by atoms with van der Waals surface area (Å²) in [6, 6.07) is 1.92. The molecule has 0 atom stereocenters. The number of hydrogen-bond donors (Lipinski definition) is 1. The second-order valence-corrected chi connectivity index (χ2v) is 5.22. The Balaban J connectivity index is 2.33. The van der Waals surface area contributed by atoms with Crippen molar-refractivity contribution < 1.29 is 0 Å². The predicted octanol–water partition coefficient (Wildman–Crippen LogP) is 3.20. The quantitative estimate of drug-likeness (QED) is 0.886. The van der Waals surface area contributed by atoms with Crippen LogP contribution in [0.3, 0.4) is 0 Å². The van der Waals surface area contributed by atoms with Gasteiger partial charge in [-0.2, -0.15) is 5.10 Å². The van der Waals surface area contributed by atoms with Gasteiger partial charge >= 0.3 is 0 Å². The summed E-state index contributed by atoms with van der Waals surface area (Å²) in [5.74, 6) is 2.51. The van der Waals surface area contributed by atoms with Crippen LogP contribution in [0, 0.1) is 0 Å². The highest BCUT2D eigenvalue weighted by Crippen LogP contribution is 2.14. The molecule has 1 N–H and O–H groups in total. The van der Waals surface area contributed by atoms with Gasteiger partial charge in [-0.15, -0.1) is 0 Å². The van der Waals surface area contributed by atoms with Crippen molar-refractivity contribution >= 4 is 21.7 Å². The lowest BCUT2D eigenvalue weighted by atomic mass is 10.3. The highest BCUT2D eigenvalue weighted by molar-refractivity contribution is 9.10. The first-order valence-corrected chi connectivity index (χ1v) is 7.34. The molecule has 2 aromatic rings. The minimum Gasteiger partial charge on any atom is -0.370 e. The Morgan fingerprint density at radius 1 is 1.26 bits per heavy atom. The van der Waals surface area contributed by atoms with E-state index in [9.17, 15) is 0 Å². The van der Waals surface area contributed by atoms with Gasteiger partial charge in [-0.3, -0.25) is 0 Å². The molecule has 0 aliphatic rings. The number of nitrogens with one attached hydrogen (secondary N) is 1. The van der Waals surface area contributed by atoms with E-state index in [1.54, 1.807) is 10.9 Å². The molecule has 2 rings (SSSR count). The van der Waals surface area contributed by atoms with E-state index in [0.717, 1.165) is 47.7 Å². The standard InChI is InChI=1S/C13H18BrN5/c1-3-5-11-17-12(15-6-4-2)7-13(18-11)19-9-10(14)8-16-19/h7-9H,3-6H2,1-2H3,(H,15,17,18). The number of anilines is 1. The molecule has 0 aromatic carbocycles. The molecule has 0 aliphatic heterocycles. The third-order valence-electron chi connectivity index (χ3n) is 2.57. The minimum absolute atomic E-state index is 0.794. The predicted molar refractivity (Wildman–Crippen MR) is 79.6 cm³/mol. The maximum Gasteiger partial charge on any atom is 0.159 e. The molecule has 0 bridgehead atoms. The fourth-order valence-electron chi connectivity index (χ4n) is 1.71. The van der Waals surface area contributed by atoms with Gasteiger partial charge in [0.1, 0.15) is 11.6 Å². The summed E-state index contributed by atoms with van der Waals surface area (Å²) in [6.45, 7) is 5.16. The van der Waals surface area contributed by atoms with Gasteiger partial charge in [0.25, 0.3) is 0 Å².